The van der Waals surface area contributed by atoms with Gasteiger partial charge in [0.2, 0.25) is 0 Å². The average Bonchev–Trinajstić information content (AvgIpc) is 2.45. The van der Waals surface area contributed by atoms with Gasteiger partial charge in [-0.05, 0) is 39.7 Å². The third-order valence-corrected chi connectivity index (χ3v) is 3.49. The van der Waals surface area contributed by atoms with E-state index in [1.54, 1.807) is 19.4 Å². The number of hydrogen-bond acceptors (Lipinski definition) is 3. The molecule has 0 spiro atoms. The summed E-state index contributed by atoms with van der Waals surface area (Å²) >= 11 is 9.22. The number of aromatic nitrogens is 1. The van der Waals surface area contributed by atoms with Crippen LogP contribution in [0.25, 0.3) is 0 Å². The second-order valence-electron chi connectivity index (χ2n) is 4.04. The van der Waals surface area contributed by atoms with Crippen LogP contribution in [0.5, 0.6) is 11.5 Å². The van der Waals surface area contributed by atoms with Gasteiger partial charge in [0.15, 0.2) is 11.5 Å². The van der Waals surface area contributed by atoms with Crippen LogP contribution in [0.1, 0.15) is 11.1 Å². The molecular formula is C14H12BrClFNO2. The molecule has 1 aromatic carbocycles. The molecule has 106 valence electrons. The van der Waals surface area contributed by atoms with Gasteiger partial charge in [-0.25, -0.2) is 4.39 Å². The average molecular weight is 361 g/mol. The Morgan fingerprint density at radius 2 is 2.05 bits per heavy atom. The number of benzene rings is 1. The van der Waals surface area contributed by atoms with Crippen molar-refractivity contribution in [1.29, 1.82) is 0 Å². The summed E-state index contributed by atoms with van der Waals surface area (Å²) in [5.74, 6) is 1.10. The monoisotopic (exact) mass is 359 g/mol. The molecule has 0 saturated heterocycles. The first-order valence-electron chi connectivity index (χ1n) is 5.78. The molecule has 0 aliphatic rings. The van der Waals surface area contributed by atoms with Crippen molar-refractivity contribution in [1.82, 2.24) is 4.98 Å². The van der Waals surface area contributed by atoms with Crippen LogP contribution < -0.4 is 9.47 Å². The minimum absolute atomic E-state index is 0.194. The van der Waals surface area contributed by atoms with Crippen LogP contribution in [0.15, 0.2) is 35.1 Å². The number of alkyl halides is 1. The van der Waals surface area contributed by atoms with Crippen LogP contribution in [-0.4, -0.2) is 12.1 Å². The number of ether oxygens (including phenoxy) is 2. The van der Waals surface area contributed by atoms with E-state index in [2.05, 4.69) is 20.9 Å². The molecule has 0 amide bonds. The van der Waals surface area contributed by atoms with E-state index in [1.165, 1.54) is 6.07 Å². The molecule has 6 heteroatoms. The minimum atomic E-state index is -0.394. The summed E-state index contributed by atoms with van der Waals surface area (Å²) in [6.07, 6.45) is 2.70. The lowest BCUT2D eigenvalue weighted by Gasteiger charge is -2.13. The first-order valence-corrected chi connectivity index (χ1v) is 7.11. The molecule has 2 aromatic rings. The molecule has 2 rings (SSSR count). The zero-order valence-corrected chi connectivity index (χ0v) is 13.0. The Bertz CT molecular complexity index is 610. The fraction of sp³-hybridized carbons (Fsp3) is 0.214. The maximum atomic E-state index is 13.0. The second kappa shape index (κ2) is 6.90. The third-order valence-electron chi connectivity index (χ3n) is 2.59. The van der Waals surface area contributed by atoms with Crippen LogP contribution in [0.2, 0.25) is 0 Å². The second-order valence-corrected chi connectivity index (χ2v) is 5.16. The molecule has 20 heavy (non-hydrogen) atoms. The lowest BCUT2D eigenvalue weighted by molar-refractivity contribution is 0.281. The van der Waals surface area contributed by atoms with E-state index in [0.717, 1.165) is 16.2 Å². The molecule has 0 bridgehead atoms. The molecule has 3 nitrogen and oxygen atoms in total. The van der Waals surface area contributed by atoms with E-state index in [0.29, 0.717) is 22.9 Å². The van der Waals surface area contributed by atoms with Crippen LogP contribution in [0.3, 0.4) is 0 Å². The molecule has 0 aliphatic heterocycles. The SMILES string of the molecule is COc1cc(CCl)cc(Br)c1OCc1cncc(F)c1. The highest BCUT2D eigenvalue weighted by molar-refractivity contribution is 9.10. The Labute approximate surface area is 129 Å². The van der Waals surface area contributed by atoms with E-state index >= 15 is 0 Å². The highest BCUT2D eigenvalue weighted by Crippen LogP contribution is 2.37. The predicted octanol–water partition coefficient (Wildman–Crippen LogP) is 4.31. The standard InChI is InChI=1S/C14H12BrClFNO2/c1-19-13-4-9(5-16)3-12(15)14(13)20-8-10-2-11(17)7-18-6-10/h2-4,6-7H,5,8H2,1H3. The smallest absolute Gasteiger partial charge is 0.175 e. The number of halogens is 3. The van der Waals surface area contributed by atoms with Gasteiger partial charge in [0.1, 0.15) is 12.4 Å². The molecule has 0 radical (unpaired) electrons. The maximum Gasteiger partial charge on any atom is 0.175 e. The first kappa shape index (κ1) is 15.1. The molecular weight excluding hydrogens is 349 g/mol. The van der Waals surface area contributed by atoms with Crippen molar-refractivity contribution >= 4 is 27.5 Å². The van der Waals surface area contributed by atoms with Crippen molar-refractivity contribution in [2.24, 2.45) is 0 Å². The number of hydrogen-bond donors (Lipinski definition) is 0. The van der Waals surface area contributed by atoms with Gasteiger partial charge in [-0.2, -0.15) is 0 Å². The number of methoxy groups -OCH3 is 1. The Morgan fingerprint density at radius 3 is 2.70 bits per heavy atom. The van der Waals surface area contributed by atoms with Crippen molar-refractivity contribution in [3.05, 3.63) is 52.0 Å². The van der Waals surface area contributed by atoms with E-state index in [4.69, 9.17) is 21.1 Å². The summed E-state index contributed by atoms with van der Waals surface area (Å²) in [4.78, 5) is 3.77. The van der Waals surface area contributed by atoms with Gasteiger partial charge in [0, 0.05) is 17.6 Å². The van der Waals surface area contributed by atoms with E-state index < -0.39 is 5.82 Å². The minimum Gasteiger partial charge on any atom is -0.493 e. The Hall–Kier alpha value is -1.33. The molecule has 1 heterocycles. The Kier molecular flexibility index (Phi) is 5.20. The van der Waals surface area contributed by atoms with Crippen LogP contribution >= 0.6 is 27.5 Å². The van der Waals surface area contributed by atoms with Crippen LogP contribution in [0, 0.1) is 5.82 Å². The Morgan fingerprint density at radius 1 is 1.25 bits per heavy atom. The van der Waals surface area contributed by atoms with Crippen LogP contribution in [-0.2, 0) is 12.5 Å². The van der Waals surface area contributed by atoms with E-state index in [-0.39, 0.29) is 6.61 Å². The van der Waals surface area contributed by atoms with Crippen molar-refractivity contribution in [3.63, 3.8) is 0 Å². The molecule has 0 unspecified atom stereocenters. The molecule has 0 fully saturated rings. The van der Waals surface area contributed by atoms with E-state index in [9.17, 15) is 4.39 Å². The van der Waals surface area contributed by atoms with Crippen molar-refractivity contribution in [2.75, 3.05) is 7.11 Å². The summed E-state index contributed by atoms with van der Waals surface area (Å²) in [7, 11) is 1.55. The van der Waals surface area contributed by atoms with Gasteiger partial charge in [-0.1, -0.05) is 0 Å². The van der Waals surface area contributed by atoms with Crippen molar-refractivity contribution in [3.8, 4) is 11.5 Å². The largest absolute Gasteiger partial charge is 0.493 e. The molecule has 0 atom stereocenters. The van der Waals surface area contributed by atoms with E-state index in [1.807, 2.05) is 6.07 Å². The molecule has 1 aromatic heterocycles. The number of rotatable bonds is 5. The maximum absolute atomic E-state index is 13.0. The highest BCUT2D eigenvalue weighted by Gasteiger charge is 2.12. The fourth-order valence-electron chi connectivity index (χ4n) is 1.68. The van der Waals surface area contributed by atoms with Crippen molar-refractivity contribution in [2.45, 2.75) is 12.5 Å². The zero-order chi connectivity index (χ0) is 14.5. The highest BCUT2D eigenvalue weighted by atomic mass is 79.9. The quantitative estimate of drug-likeness (QED) is 0.745. The fourth-order valence-corrected chi connectivity index (χ4v) is 2.44. The van der Waals surface area contributed by atoms with Gasteiger partial charge >= 0.3 is 0 Å². The van der Waals surface area contributed by atoms with Gasteiger partial charge in [0.25, 0.3) is 0 Å². The lowest BCUT2D eigenvalue weighted by Crippen LogP contribution is -2.00. The van der Waals surface area contributed by atoms with Crippen LogP contribution in [0.4, 0.5) is 4.39 Å². The van der Waals surface area contributed by atoms with Gasteiger partial charge < -0.3 is 9.47 Å². The van der Waals surface area contributed by atoms with Gasteiger partial charge in [-0.3, -0.25) is 4.98 Å². The summed E-state index contributed by atoms with van der Waals surface area (Å²) in [5.41, 5.74) is 1.55. The molecule has 0 N–H and O–H groups in total. The molecule has 0 aliphatic carbocycles. The summed E-state index contributed by atoms with van der Waals surface area (Å²) in [5, 5.41) is 0. The number of pyridine rings is 1. The van der Waals surface area contributed by atoms with Gasteiger partial charge in [-0.15, -0.1) is 11.6 Å². The summed E-state index contributed by atoms with van der Waals surface area (Å²) in [6.45, 7) is 0.194. The third kappa shape index (κ3) is 3.61. The summed E-state index contributed by atoms with van der Waals surface area (Å²) in [6, 6.07) is 5.03. The number of nitrogens with zero attached hydrogens (tertiary/aromatic N) is 1. The normalized spacial score (nSPS) is 10.4. The lowest BCUT2D eigenvalue weighted by atomic mass is 10.2. The zero-order valence-electron chi connectivity index (χ0n) is 10.7. The van der Waals surface area contributed by atoms with Crippen molar-refractivity contribution < 1.29 is 13.9 Å². The summed E-state index contributed by atoms with van der Waals surface area (Å²) < 4.78 is 24.7. The predicted molar refractivity (Wildman–Crippen MR) is 78.8 cm³/mol. The topological polar surface area (TPSA) is 31.4 Å². The molecule has 0 saturated carbocycles. The Balaban J connectivity index is 2.20. The first-order chi connectivity index (χ1) is 9.63. The van der Waals surface area contributed by atoms with Gasteiger partial charge in [0.05, 0.1) is 17.8 Å².